The van der Waals surface area contributed by atoms with E-state index in [9.17, 15) is 28.9 Å². The fourth-order valence-electron chi connectivity index (χ4n) is 2.78. The van der Waals surface area contributed by atoms with Crippen molar-refractivity contribution < 1.29 is 23.7 Å². The summed E-state index contributed by atoms with van der Waals surface area (Å²) >= 11 is 0. The Labute approximate surface area is 158 Å². The van der Waals surface area contributed by atoms with Crippen molar-refractivity contribution in [3.05, 3.63) is 70.0 Å². The molecule has 0 saturated carbocycles. The molecule has 1 fully saturated rings. The number of benzene rings is 2. The van der Waals surface area contributed by atoms with E-state index in [-0.39, 0.29) is 30.1 Å². The minimum absolute atomic E-state index is 0.0450. The lowest BCUT2D eigenvalue weighted by atomic mass is 10.1. The first kappa shape index (κ1) is 19.0. The quantitative estimate of drug-likeness (QED) is 0.610. The van der Waals surface area contributed by atoms with Gasteiger partial charge in [0.1, 0.15) is 5.82 Å². The van der Waals surface area contributed by atoms with E-state index in [2.05, 4.69) is 10.9 Å². The van der Waals surface area contributed by atoms with Gasteiger partial charge in [-0.05, 0) is 36.4 Å². The van der Waals surface area contributed by atoms with Crippen LogP contribution in [0.4, 0.5) is 15.8 Å². The molecular formula is C18H15FN4O5. The molecule has 1 aliphatic heterocycles. The van der Waals surface area contributed by atoms with Crippen molar-refractivity contribution in [3.63, 3.8) is 0 Å². The molecule has 0 bridgehead atoms. The summed E-state index contributed by atoms with van der Waals surface area (Å²) in [5.74, 6) is -2.60. The second-order valence-electron chi connectivity index (χ2n) is 6.13. The van der Waals surface area contributed by atoms with E-state index in [1.165, 1.54) is 53.4 Å². The second-order valence-corrected chi connectivity index (χ2v) is 6.13. The van der Waals surface area contributed by atoms with Crippen molar-refractivity contribution in [2.45, 2.75) is 6.42 Å². The Bertz CT molecular complexity index is 930. The van der Waals surface area contributed by atoms with Crippen LogP contribution in [0.3, 0.4) is 0 Å². The van der Waals surface area contributed by atoms with Gasteiger partial charge in [-0.15, -0.1) is 0 Å². The zero-order chi connectivity index (χ0) is 20.3. The first-order chi connectivity index (χ1) is 13.3. The second kappa shape index (κ2) is 7.82. The first-order valence-corrected chi connectivity index (χ1v) is 8.26. The zero-order valence-electron chi connectivity index (χ0n) is 14.4. The fraction of sp³-hybridized carbons (Fsp3) is 0.167. The van der Waals surface area contributed by atoms with Crippen LogP contribution in [0, 0.1) is 21.8 Å². The normalized spacial score (nSPS) is 16.0. The fourth-order valence-corrected chi connectivity index (χ4v) is 2.78. The van der Waals surface area contributed by atoms with Gasteiger partial charge < -0.3 is 4.90 Å². The lowest BCUT2D eigenvalue weighted by Gasteiger charge is -2.16. The number of hydrogen-bond donors (Lipinski definition) is 2. The Hall–Kier alpha value is -3.82. The van der Waals surface area contributed by atoms with Crippen molar-refractivity contribution in [2.24, 2.45) is 5.92 Å². The number of nitro groups is 1. The number of carbonyl (C=O) groups excluding carboxylic acids is 3. The van der Waals surface area contributed by atoms with Crippen LogP contribution < -0.4 is 15.8 Å². The predicted octanol–water partition coefficient (Wildman–Crippen LogP) is 1.55. The van der Waals surface area contributed by atoms with Gasteiger partial charge >= 0.3 is 0 Å². The highest BCUT2D eigenvalue weighted by Crippen LogP contribution is 2.25. The van der Waals surface area contributed by atoms with Gasteiger partial charge in [-0.1, -0.05) is 0 Å². The van der Waals surface area contributed by atoms with Crippen LogP contribution in [-0.2, 0) is 9.59 Å². The first-order valence-electron chi connectivity index (χ1n) is 8.26. The SMILES string of the molecule is O=C(NNC(=O)[C@@H]1CC(=O)N(c2ccc(F)cc2)C1)c1ccc([N+](=O)[O-])cc1. The Morgan fingerprint density at radius 1 is 1.07 bits per heavy atom. The molecule has 28 heavy (non-hydrogen) atoms. The minimum Gasteiger partial charge on any atom is -0.312 e. The summed E-state index contributed by atoms with van der Waals surface area (Å²) < 4.78 is 13.0. The molecule has 0 spiro atoms. The Kier molecular flexibility index (Phi) is 5.30. The van der Waals surface area contributed by atoms with Gasteiger partial charge in [-0.3, -0.25) is 35.3 Å². The number of halogens is 1. The molecule has 2 N–H and O–H groups in total. The van der Waals surface area contributed by atoms with Crippen LogP contribution in [0.1, 0.15) is 16.8 Å². The van der Waals surface area contributed by atoms with Crippen molar-refractivity contribution >= 4 is 29.1 Å². The predicted molar refractivity (Wildman–Crippen MR) is 95.6 cm³/mol. The molecule has 0 radical (unpaired) electrons. The molecule has 3 amide bonds. The highest BCUT2D eigenvalue weighted by molar-refractivity contribution is 6.01. The smallest absolute Gasteiger partial charge is 0.269 e. The molecule has 3 rings (SSSR count). The van der Waals surface area contributed by atoms with Gasteiger partial charge in [0.15, 0.2) is 0 Å². The number of nitro benzene ring substituents is 1. The highest BCUT2D eigenvalue weighted by Gasteiger charge is 2.35. The molecule has 10 heteroatoms. The molecule has 9 nitrogen and oxygen atoms in total. The van der Waals surface area contributed by atoms with E-state index < -0.39 is 28.5 Å². The third-order valence-corrected chi connectivity index (χ3v) is 4.27. The number of non-ortho nitro benzene ring substituents is 1. The van der Waals surface area contributed by atoms with Crippen molar-refractivity contribution in [1.29, 1.82) is 0 Å². The number of hydrazine groups is 1. The molecule has 1 atom stereocenters. The number of amides is 3. The number of nitrogens with zero attached hydrogens (tertiary/aromatic N) is 2. The van der Waals surface area contributed by atoms with E-state index in [4.69, 9.17) is 0 Å². The monoisotopic (exact) mass is 386 g/mol. The zero-order valence-corrected chi connectivity index (χ0v) is 14.4. The minimum atomic E-state index is -0.685. The van der Waals surface area contributed by atoms with Gasteiger partial charge in [0, 0.05) is 36.3 Å². The summed E-state index contributed by atoms with van der Waals surface area (Å²) in [7, 11) is 0. The van der Waals surface area contributed by atoms with Crippen molar-refractivity contribution in [1.82, 2.24) is 10.9 Å². The maximum atomic E-state index is 13.0. The van der Waals surface area contributed by atoms with Crippen molar-refractivity contribution in [3.8, 4) is 0 Å². The van der Waals surface area contributed by atoms with Gasteiger partial charge in [-0.2, -0.15) is 0 Å². The summed E-state index contributed by atoms with van der Waals surface area (Å²) in [4.78, 5) is 47.8. The molecule has 1 aliphatic rings. The molecule has 1 saturated heterocycles. The molecule has 0 unspecified atom stereocenters. The molecule has 0 aliphatic carbocycles. The summed E-state index contributed by atoms with van der Waals surface area (Å²) in [6, 6.07) is 10.2. The third kappa shape index (κ3) is 4.11. The van der Waals surface area contributed by atoms with Gasteiger partial charge in [0.25, 0.3) is 11.6 Å². The molecule has 0 aromatic heterocycles. The Balaban J connectivity index is 1.56. The van der Waals surface area contributed by atoms with Crippen molar-refractivity contribution in [2.75, 3.05) is 11.4 Å². The third-order valence-electron chi connectivity index (χ3n) is 4.27. The van der Waals surface area contributed by atoms with Crippen LogP contribution >= 0.6 is 0 Å². The van der Waals surface area contributed by atoms with Crippen LogP contribution in [0.5, 0.6) is 0 Å². The lowest BCUT2D eigenvalue weighted by Crippen LogP contribution is -2.45. The van der Waals surface area contributed by atoms with E-state index in [1.807, 2.05) is 0 Å². The topological polar surface area (TPSA) is 122 Å². The largest absolute Gasteiger partial charge is 0.312 e. The maximum Gasteiger partial charge on any atom is 0.269 e. The van der Waals surface area contributed by atoms with Crippen LogP contribution in [-0.4, -0.2) is 29.2 Å². The van der Waals surface area contributed by atoms with E-state index in [1.54, 1.807) is 0 Å². The van der Waals surface area contributed by atoms with Gasteiger partial charge in [-0.25, -0.2) is 4.39 Å². The molecule has 2 aromatic carbocycles. The van der Waals surface area contributed by atoms with Crippen LogP contribution in [0.25, 0.3) is 0 Å². The van der Waals surface area contributed by atoms with Gasteiger partial charge in [0.2, 0.25) is 11.8 Å². The maximum absolute atomic E-state index is 13.0. The number of nitrogens with one attached hydrogen (secondary N) is 2. The number of carbonyl (C=O) groups is 3. The summed E-state index contributed by atoms with van der Waals surface area (Å²) in [5.41, 5.74) is 4.91. The molecule has 2 aromatic rings. The highest BCUT2D eigenvalue weighted by atomic mass is 19.1. The number of rotatable bonds is 4. The van der Waals surface area contributed by atoms with E-state index in [0.29, 0.717) is 5.69 Å². The standard InChI is InChI=1S/C18H15FN4O5/c19-13-3-7-14(8-4-13)22-10-12(9-16(22)24)18(26)21-20-17(25)11-1-5-15(6-2-11)23(27)28/h1-8,12H,9-10H2,(H,20,25)(H,21,26)/t12-/m1/s1. The summed E-state index contributed by atoms with van der Waals surface area (Å²) in [5, 5.41) is 10.6. The van der Waals surface area contributed by atoms with Gasteiger partial charge in [0.05, 0.1) is 10.8 Å². The Morgan fingerprint density at radius 2 is 1.71 bits per heavy atom. The van der Waals surface area contributed by atoms with Crippen LogP contribution in [0.15, 0.2) is 48.5 Å². The lowest BCUT2D eigenvalue weighted by molar-refractivity contribution is -0.384. The summed E-state index contributed by atoms with van der Waals surface area (Å²) in [6.45, 7) is 0.101. The average Bonchev–Trinajstić information content (AvgIpc) is 3.08. The molecule has 144 valence electrons. The average molecular weight is 386 g/mol. The van der Waals surface area contributed by atoms with E-state index in [0.717, 1.165) is 0 Å². The number of hydrogen-bond acceptors (Lipinski definition) is 5. The van der Waals surface area contributed by atoms with E-state index >= 15 is 0 Å². The Morgan fingerprint density at radius 3 is 2.32 bits per heavy atom. The summed E-state index contributed by atoms with van der Waals surface area (Å²) in [6.07, 6.45) is -0.0450. The molecule has 1 heterocycles. The van der Waals surface area contributed by atoms with Crippen LogP contribution in [0.2, 0.25) is 0 Å². The molecular weight excluding hydrogens is 371 g/mol. The number of anilines is 1.